The molecule has 0 spiro atoms. The van der Waals surface area contributed by atoms with Crippen LogP contribution >= 0.6 is 11.3 Å². The van der Waals surface area contributed by atoms with Gasteiger partial charge in [0.25, 0.3) is 0 Å². The number of nitrogens with one attached hydrogen (secondary N) is 1. The minimum atomic E-state index is 0.642. The Kier molecular flexibility index (Phi) is 2.57. The zero-order chi connectivity index (χ0) is 10.7. The van der Waals surface area contributed by atoms with Crippen LogP contribution < -0.4 is 11.1 Å². The number of anilines is 3. The second-order valence-electron chi connectivity index (χ2n) is 2.99. The highest BCUT2D eigenvalue weighted by atomic mass is 32.1. The molecule has 3 nitrogen and oxygen atoms in total. The molecular weight excluding hydrogens is 206 g/mol. The first kappa shape index (κ1) is 9.56. The first-order valence-electron chi connectivity index (χ1n) is 4.40. The van der Waals surface area contributed by atoms with E-state index >= 15 is 0 Å². The predicted octanol–water partition coefficient (Wildman–Crippen LogP) is 2.95. The van der Waals surface area contributed by atoms with E-state index in [1.54, 1.807) is 6.07 Å². The van der Waals surface area contributed by atoms with Crippen molar-refractivity contribution >= 4 is 27.7 Å². The van der Waals surface area contributed by atoms with Crippen molar-refractivity contribution in [2.24, 2.45) is 0 Å². The third-order valence-corrected chi connectivity index (χ3v) is 2.82. The highest BCUT2D eigenvalue weighted by molar-refractivity contribution is 7.14. The third kappa shape index (κ3) is 1.92. The number of rotatable bonds is 2. The molecule has 2 aromatic rings. The number of nitrogens with two attached hydrogens (primary N) is 1. The maximum Gasteiger partial charge on any atom is 0.111 e. The number of nitrogen functional groups attached to an aromatic ring is 1. The van der Waals surface area contributed by atoms with Crippen molar-refractivity contribution in [3.05, 3.63) is 41.3 Å². The molecule has 1 heterocycles. The SMILES string of the molecule is N#Cc1ccsc1Nc1ccccc1N. The number of benzene rings is 1. The number of nitrogens with zero attached hydrogens (tertiary/aromatic N) is 1. The van der Waals surface area contributed by atoms with Crippen LogP contribution in [0, 0.1) is 11.3 Å². The molecule has 0 aliphatic carbocycles. The topological polar surface area (TPSA) is 61.8 Å². The van der Waals surface area contributed by atoms with Gasteiger partial charge in [-0.25, -0.2) is 0 Å². The van der Waals surface area contributed by atoms with Crippen LogP contribution in [0.5, 0.6) is 0 Å². The lowest BCUT2D eigenvalue weighted by atomic mass is 10.2. The lowest BCUT2D eigenvalue weighted by molar-refractivity contribution is 1.50. The van der Waals surface area contributed by atoms with Gasteiger partial charge < -0.3 is 11.1 Å². The molecule has 1 aromatic carbocycles. The van der Waals surface area contributed by atoms with Gasteiger partial charge in [0.15, 0.2) is 0 Å². The molecule has 1 aromatic heterocycles. The zero-order valence-electron chi connectivity index (χ0n) is 7.90. The van der Waals surface area contributed by atoms with Crippen molar-refractivity contribution in [1.29, 1.82) is 5.26 Å². The summed E-state index contributed by atoms with van der Waals surface area (Å²) in [6.07, 6.45) is 0. The Morgan fingerprint density at radius 1 is 1.27 bits per heavy atom. The van der Waals surface area contributed by atoms with E-state index in [0.717, 1.165) is 10.7 Å². The molecule has 0 bridgehead atoms. The van der Waals surface area contributed by atoms with Crippen LogP contribution in [0.2, 0.25) is 0 Å². The Balaban J connectivity index is 2.31. The lowest BCUT2D eigenvalue weighted by Crippen LogP contribution is -1.95. The first-order chi connectivity index (χ1) is 7.31. The van der Waals surface area contributed by atoms with E-state index < -0.39 is 0 Å². The minimum Gasteiger partial charge on any atom is -0.397 e. The molecule has 0 amide bonds. The Morgan fingerprint density at radius 2 is 2.07 bits per heavy atom. The van der Waals surface area contributed by atoms with Gasteiger partial charge in [-0.1, -0.05) is 12.1 Å². The molecule has 0 aliphatic heterocycles. The molecule has 0 radical (unpaired) electrons. The van der Waals surface area contributed by atoms with Crippen molar-refractivity contribution in [3.63, 3.8) is 0 Å². The molecule has 15 heavy (non-hydrogen) atoms. The molecule has 0 saturated heterocycles. The fourth-order valence-electron chi connectivity index (χ4n) is 1.23. The van der Waals surface area contributed by atoms with Gasteiger partial charge in [-0.05, 0) is 23.6 Å². The van der Waals surface area contributed by atoms with Gasteiger partial charge in [0.05, 0.1) is 16.9 Å². The summed E-state index contributed by atoms with van der Waals surface area (Å²) in [6, 6.07) is 11.4. The lowest BCUT2D eigenvalue weighted by Gasteiger charge is -2.06. The molecule has 0 fully saturated rings. The molecule has 0 atom stereocenters. The normalized spacial score (nSPS) is 9.53. The summed E-state index contributed by atoms with van der Waals surface area (Å²) in [5.41, 5.74) is 7.94. The molecule has 4 heteroatoms. The van der Waals surface area contributed by atoms with Gasteiger partial charge in [-0.3, -0.25) is 0 Å². The first-order valence-corrected chi connectivity index (χ1v) is 5.28. The summed E-state index contributed by atoms with van der Waals surface area (Å²) < 4.78 is 0. The van der Waals surface area contributed by atoms with Crippen LogP contribution in [0.3, 0.4) is 0 Å². The average molecular weight is 215 g/mol. The van der Waals surface area contributed by atoms with E-state index in [0.29, 0.717) is 11.3 Å². The number of thiophene rings is 1. The zero-order valence-corrected chi connectivity index (χ0v) is 8.71. The summed E-state index contributed by atoms with van der Waals surface area (Å²) in [6.45, 7) is 0. The Labute approximate surface area is 91.8 Å². The fraction of sp³-hybridized carbons (Fsp3) is 0. The standard InChI is InChI=1S/C11H9N3S/c12-7-8-5-6-15-11(8)14-10-4-2-1-3-9(10)13/h1-6,14H,13H2. The van der Waals surface area contributed by atoms with E-state index in [1.807, 2.05) is 29.6 Å². The molecule has 2 rings (SSSR count). The van der Waals surface area contributed by atoms with Crippen LogP contribution in [0.4, 0.5) is 16.4 Å². The van der Waals surface area contributed by atoms with E-state index in [2.05, 4.69) is 11.4 Å². The van der Waals surface area contributed by atoms with E-state index in [9.17, 15) is 0 Å². The third-order valence-electron chi connectivity index (χ3n) is 1.99. The van der Waals surface area contributed by atoms with Gasteiger partial charge in [0.1, 0.15) is 11.1 Å². The van der Waals surface area contributed by atoms with Gasteiger partial charge in [0, 0.05) is 0 Å². The highest BCUT2D eigenvalue weighted by Gasteiger charge is 2.04. The molecule has 0 unspecified atom stereocenters. The Bertz CT molecular complexity index is 511. The van der Waals surface area contributed by atoms with Crippen LogP contribution in [0.25, 0.3) is 0 Å². The summed E-state index contributed by atoms with van der Waals surface area (Å²) >= 11 is 1.49. The monoisotopic (exact) mass is 215 g/mol. The molecule has 3 N–H and O–H groups in total. The van der Waals surface area contributed by atoms with Crippen molar-refractivity contribution in [2.75, 3.05) is 11.1 Å². The highest BCUT2D eigenvalue weighted by Crippen LogP contribution is 2.28. The predicted molar refractivity (Wildman–Crippen MR) is 63.2 cm³/mol. The second-order valence-corrected chi connectivity index (χ2v) is 3.90. The van der Waals surface area contributed by atoms with Gasteiger partial charge in [0.2, 0.25) is 0 Å². The van der Waals surface area contributed by atoms with Crippen molar-refractivity contribution in [1.82, 2.24) is 0 Å². The van der Waals surface area contributed by atoms with Gasteiger partial charge in [-0.2, -0.15) is 5.26 Å². The average Bonchev–Trinajstić information content (AvgIpc) is 2.69. The van der Waals surface area contributed by atoms with E-state index in [-0.39, 0.29) is 0 Å². The Morgan fingerprint density at radius 3 is 2.80 bits per heavy atom. The van der Waals surface area contributed by atoms with Crippen LogP contribution in [-0.2, 0) is 0 Å². The van der Waals surface area contributed by atoms with Crippen molar-refractivity contribution in [3.8, 4) is 6.07 Å². The summed E-state index contributed by atoms with van der Waals surface area (Å²) in [7, 11) is 0. The number of nitriles is 1. The van der Waals surface area contributed by atoms with Crippen molar-refractivity contribution < 1.29 is 0 Å². The molecule has 0 saturated carbocycles. The van der Waals surface area contributed by atoms with E-state index in [4.69, 9.17) is 11.0 Å². The second kappa shape index (κ2) is 4.03. The molecular formula is C11H9N3S. The van der Waals surface area contributed by atoms with Crippen LogP contribution in [0.15, 0.2) is 35.7 Å². The summed E-state index contributed by atoms with van der Waals surface area (Å²) in [5.74, 6) is 0. The largest absolute Gasteiger partial charge is 0.397 e. The van der Waals surface area contributed by atoms with E-state index in [1.165, 1.54) is 11.3 Å². The fourth-order valence-corrected chi connectivity index (χ4v) is 1.98. The summed E-state index contributed by atoms with van der Waals surface area (Å²) in [4.78, 5) is 0. The van der Waals surface area contributed by atoms with Gasteiger partial charge in [-0.15, -0.1) is 11.3 Å². The molecule has 74 valence electrons. The smallest absolute Gasteiger partial charge is 0.111 e. The van der Waals surface area contributed by atoms with Gasteiger partial charge >= 0.3 is 0 Å². The van der Waals surface area contributed by atoms with Crippen molar-refractivity contribution in [2.45, 2.75) is 0 Å². The Hall–Kier alpha value is -1.99. The quantitative estimate of drug-likeness (QED) is 0.757. The number of para-hydroxylation sites is 2. The number of hydrogen-bond acceptors (Lipinski definition) is 4. The maximum atomic E-state index is 8.84. The number of hydrogen-bond donors (Lipinski definition) is 2. The maximum absolute atomic E-state index is 8.84. The molecule has 0 aliphatic rings. The van der Waals surface area contributed by atoms with Crippen LogP contribution in [-0.4, -0.2) is 0 Å². The summed E-state index contributed by atoms with van der Waals surface area (Å²) in [5, 5.41) is 14.7. The minimum absolute atomic E-state index is 0.642. The van der Waals surface area contributed by atoms with Crippen LogP contribution in [0.1, 0.15) is 5.56 Å².